The molecular formula is C11H18N2O5. The highest BCUT2D eigenvalue weighted by molar-refractivity contribution is 5.92. The second-order valence-corrected chi connectivity index (χ2v) is 4.26. The van der Waals surface area contributed by atoms with E-state index in [1.807, 2.05) is 0 Å². The van der Waals surface area contributed by atoms with E-state index in [2.05, 4.69) is 10.1 Å². The van der Waals surface area contributed by atoms with E-state index in [-0.39, 0.29) is 19.0 Å². The van der Waals surface area contributed by atoms with Crippen LogP contribution in [0.4, 0.5) is 4.79 Å². The van der Waals surface area contributed by atoms with Crippen molar-refractivity contribution in [1.82, 2.24) is 10.2 Å². The van der Waals surface area contributed by atoms with Gasteiger partial charge in [0, 0.05) is 6.04 Å². The van der Waals surface area contributed by atoms with Gasteiger partial charge < -0.3 is 9.84 Å². The van der Waals surface area contributed by atoms with Crippen molar-refractivity contribution in [3.63, 3.8) is 0 Å². The number of rotatable bonds is 4. The summed E-state index contributed by atoms with van der Waals surface area (Å²) in [7, 11) is 1.18. The fourth-order valence-corrected chi connectivity index (χ4v) is 2.09. The zero-order valence-corrected chi connectivity index (χ0v) is 10.3. The number of carbonyl (C=O) groups is 3. The average molecular weight is 258 g/mol. The summed E-state index contributed by atoms with van der Waals surface area (Å²) in [4.78, 5) is 34.9. The van der Waals surface area contributed by atoms with Crippen molar-refractivity contribution in [3.05, 3.63) is 0 Å². The molecule has 7 heteroatoms. The van der Waals surface area contributed by atoms with Gasteiger partial charge in [-0.1, -0.05) is 6.42 Å². The maximum absolute atomic E-state index is 11.5. The molecule has 1 unspecified atom stereocenters. The van der Waals surface area contributed by atoms with Crippen molar-refractivity contribution in [2.75, 3.05) is 20.2 Å². The topological polar surface area (TPSA) is 95.9 Å². The maximum Gasteiger partial charge on any atom is 0.413 e. The van der Waals surface area contributed by atoms with E-state index in [9.17, 15) is 14.4 Å². The van der Waals surface area contributed by atoms with Crippen LogP contribution in [0.25, 0.3) is 0 Å². The molecule has 102 valence electrons. The maximum atomic E-state index is 11.5. The normalized spacial score (nSPS) is 20.2. The minimum Gasteiger partial charge on any atom is -0.481 e. The molecule has 0 aromatic carbocycles. The molecule has 7 nitrogen and oxygen atoms in total. The standard InChI is InChI=1S/C11H18N2O5/c1-18-11(17)12-9(14)7-13-5-3-2-4-8(13)6-10(15)16/h8H,2-7H2,1H3,(H,15,16)(H,12,14,17). The second kappa shape index (κ2) is 6.95. The second-order valence-electron chi connectivity index (χ2n) is 4.26. The fourth-order valence-electron chi connectivity index (χ4n) is 2.09. The number of hydrogen-bond donors (Lipinski definition) is 2. The first kappa shape index (κ1) is 14.4. The molecule has 1 aliphatic heterocycles. The number of imide groups is 1. The van der Waals surface area contributed by atoms with E-state index in [1.54, 1.807) is 4.90 Å². The Morgan fingerprint density at radius 3 is 2.72 bits per heavy atom. The number of carboxylic acids is 1. The number of hydrogen-bond acceptors (Lipinski definition) is 5. The van der Waals surface area contributed by atoms with Crippen molar-refractivity contribution in [3.8, 4) is 0 Å². The number of carboxylic acid groups (broad SMARTS) is 1. The zero-order chi connectivity index (χ0) is 13.5. The van der Waals surface area contributed by atoms with Crippen LogP contribution >= 0.6 is 0 Å². The van der Waals surface area contributed by atoms with E-state index < -0.39 is 18.0 Å². The summed E-state index contributed by atoms with van der Waals surface area (Å²) in [6.45, 7) is 0.694. The molecule has 18 heavy (non-hydrogen) atoms. The number of aliphatic carboxylic acids is 1. The summed E-state index contributed by atoms with van der Waals surface area (Å²) in [6.07, 6.45) is 1.88. The summed E-state index contributed by atoms with van der Waals surface area (Å²) in [5.74, 6) is -1.35. The van der Waals surface area contributed by atoms with Crippen LogP contribution in [0.3, 0.4) is 0 Å². The van der Waals surface area contributed by atoms with Crippen molar-refractivity contribution < 1.29 is 24.2 Å². The van der Waals surface area contributed by atoms with E-state index in [4.69, 9.17) is 5.11 Å². The molecule has 0 aromatic rings. The van der Waals surface area contributed by atoms with Gasteiger partial charge in [0.15, 0.2) is 0 Å². The third kappa shape index (κ3) is 4.70. The highest BCUT2D eigenvalue weighted by Crippen LogP contribution is 2.19. The zero-order valence-electron chi connectivity index (χ0n) is 10.3. The number of alkyl carbamates (subject to hydrolysis) is 1. The largest absolute Gasteiger partial charge is 0.481 e. The van der Waals surface area contributed by atoms with Crippen LogP contribution in [0.15, 0.2) is 0 Å². The first-order valence-electron chi connectivity index (χ1n) is 5.86. The Hall–Kier alpha value is -1.63. The number of piperidine rings is 1. The molecule has 1 aliphatic rings. The summed E-state index contributed by atoms with van der Waals surface area (Å²) >= 11 is 0. The molecule has 2 N–H and O–H groups in total. The summed E-state index contributed by atoms with van der Waals surface area (Å²) in [6, 6.07) is -0.139. The van der Waals surface area contributed by atoms with Crippen LogP contribution in [0, 0.1) is 0 Å². The van der Waals surface area contributed by atoms with Gasteiger partial charge in [0.1, 0.15) is 0 Å². The lowest BCUT2D eigenvalue weighted by atomic mass is 9.99. The predicted molar refractivity (Wildman–Crippen MR) is 62.0 cm³/mol. The van der Waals surface area contributed by atoms with E-state index in [1.165, 1.54) is 7.11 Å². The van der Waals surface area contributed by atoms with E-state index >= 15 is 0 Å². The predicted octanol–water partition coefficient (Wildman–Crippen LogP) is 0.198. The van der Waals surface area contributed by atoms with Gasteiger partial charge in [-0.25, -0.2) is 4.79 Å². The van der Waals surface area contributed by atoms with Crippen molar-refractivity contribution >= 4 is 18.0 Å². The molecule has 0 saturated carbocycles. The molecule has 0 aromatic heterocycles. The Labute approximate surface area is 105 Å². The molecule has 1 rings (SSSR count). The van der Waals surface area contributed by atoms with Gasteiger partial charge in [-0.05, 0) is 19.4 Å². The molecule has 1 fully saturated rings. The lowest BCUT2D eigenvalue weighted by Crippen LogP contribution is -2.47. The Morgan fingerprint density at radius 2 is 2.11 bits per heavy atom. The molecule has 2 amide bonds. The van der Waals surface area contributed by atoms with Crippen LogP contribution in [-0.4, -0.2) is 54.2 Å². The van der Waals surface area contributed by atoms with E-state index in [0.717, 1.165) is 19.3 Å². The molecule has 1 atom stereocenters. The van der Waals surface area contributed by atoms with Crippen molar-refractivity contribution in [1.29, 1.82) is 0 Å². The number of nitrogens with one attached hydrogen (secondary N) is 1. The monoisotopic (exact) mass is 258 g/mol. The highest BCUT2D eigenvalue weighted by atomic mass is 16.5. The number of methoxy groups -OCH3 is 1. The first-order valence-corrected chi connectivity index (χ1v) is 5.86. The van der Waals surface area contributed by atoms with Crippen LogP contribution in [0.5, 0.6) is 0 Å². The Morgan fingerprint density at radius 1 is 1.39 bits per heavy atom. The number of carbonyl (C=O) groups excluding carboxylic acids is 2. The van der Waals surface area contributed by atoms with Crippen molar-refractivity contribution in [2.45, 2.75) is 31.7 Å². The van der Waals surface area contributed by atoms with Gasteiger partial charge >= 0.3 is 12.1 Å². The molecule has 1 saturated heterocycles. The Bertz CT molecular complexity index is 331. The van der Waals surface area contributed by atoms with Crippen LogP contribution in [0.1, 0.15) is 25.7 Å². The van der Waals surface area contributed by atoms with Crippen LogP contribution in [0.2, 0.25) is 0 Å². The number of amides is 2. The lowest BCUT2D eigenvalue weighted by Gasteiger charge is -2.34. The molecular weight excluding hydrogens is 240 g/mol. The fraction of sp³-hybridized carbons (Fsp3) is 0.727. The average Bonchev–Trinajstić information content (AvgIpc) is 2.30. The number of nitrogens with zero attached hydrogens (tertiary/aromatic N) is 1. The Kier molecular flexibility index (Phi) is 5.57. The third-order valence-electron chi connectivity index (χ3n) is 2.93. The summed E-state index contributed by atoms with van der Waals surface area (Å²) in [5, 5.41) is 10.9. The molecule has 0 bridgehead atoms. The smallest absolute Gasteiger partial charge is 0.413 e. The van der Waals surface area contributed by atoms with Gasteiger partial charge in [0.05, 0.1) is 20.1 Å². The van der Waals surface area contributed by atoms with Gasteiger partial charge in [0.25, 0.3) is 0 Å². The first-order chi connectivity index (χ1) is 8.52. The van der Waals surface area contributed by atoms with Crippen LogP contribution < -0.4 is 5.32 Å². The minimum absolute atomic E-state index is 0.0193. The third-order valence-corrected chi connectivity index (χ3v) is 2.93. The molecule has 0 spiro atoms. The van der Waals surface area contributed by atoms with Gasteiger partial charge in [-0.2, -0.15) is 0 Å². The van der Waals surface area contributed by atoms with Gasteiger partial charge in [-0.3, -0.25) is 19.8 Å². The lowest BCUT2D eigenvalue weighted by molar-refractivity contribution is -0.139. The SMILES string of the molecule is COC(=O)NC(=O)CN1CCCCC1CC(=O)O. The van der Waals surface area contributed by atoms with Crippen molar-refractivity contribution in [2.24, 2.45) is 0 Å². The highest BCUT2D eigenvalue weighted by Gasteiger charge is 2.26. The molecule has 1 heterocycles. The molecule has 0 radical (unpaired) electrons. The van der Waals surface area contributed by atoms with Gasteiger partial charge in [-0.15, -0.1) is 0 Å². The Balaban J connectivity index is 2.48. The minimum atomic E-state index is -0.875. The quantitative estimate of drug-likeness (QED) is 0.747. The van der Waals surface area contributed by atoms with Crippen LogP contribution in [-0.2, 0) is 14.3 Å². The molecule has 0 aliphatic carbocycles. The van der Waals surface area contributed by atoms with E-state index in [0.29, 0.717) is 6.54 Å². The number of ether oxygens (including phenoxy) is 1. The summed E-state index contributed by atoms with van der Waals surface area (Å²) in [5.41, 5.74) is 0. The summed E-state index contributed by atoms with van der Waals surface area (Å²) < 4.78 is 4.32. The number of likely N-dealkylation sites (tertiary alicyclic amines) is 1. The van der Waals surface area contributed by atoms with Gasteiger partial charge in [0.2, 0.25) is 5.91 Å².